The fourth-order valence-corrected chi connectivity index (χ4v) is 2.80. The summed E-state index contributed by atoms with van der Waals surface area (Å²) in [5.74, 6) is -0.399. The number of fused-ring (bicyclic) bond motifs is 1. The van der Waals surface area contributed by atoms with Crippen molar-refractivity contribution in [1.82, 2.24) is 4.98 Å². The highest BCUT2D eigenvalue weighted by molar-refractivity contribution is 6.29. The summed E-state index contributed by atoms with van der Waals surface area (Å²) in [5.41, 5.74) is -0.693. The summed E-state index contributed by atoms with van der Waals surface area (Å²) < 4.78 is 38.4. The van der Waals surface area contributed by atoms with Gasteiger partial charge in [0.15, 0.2) is 0 Å². The van der Waals surface area contributed by atoms with Crippen LogP contribution in [0.2, 0.25) is 5.15 Å². The van der Waals surface area contributed by atoms with E-state index in [1.54, 1.807) is 13.0 Å². The van der Waals surface area contributed by atoms with Gasteiger partial charge in [0.05, 0.1) is 11.0 Å². The van der Waals surface area contributed by atoms with E-state index in [1.165, 1.54) is 18.3 Å². The second-order valence-electron chi connectivity index (χ2n) is 5.20. The van der Waals surface area contributed by atoms with E-state index in [2.05, 4.69) is 10.3 Å². The molecule has 1 atom stereocenters. The number of anilines is 1. The van der Waals surface area contributed by atoms with E-state index >= 15 is 0 Å². The fraction of sp³-hybridized carbons (Fsp3) is 0.200. The van der Waals surface area contributed by atoms with Gasteiger partial charge in [-0.15, -0.1) is 0 Å². The zero-order valence-electron chi connectivity index (χ0n) is 11.3. The maximum Gasteiger partial charge on any atom is 0.416 e. The molecule has 1 aliphatic rings. The average molecular weight is 327 g/mol. The van der Waals surface area contributed by atoms with Crippen LogP contribution in [0.5, 0.6) is 0 Å². The van der Waals surface area contributed by atoms with Gasteiger partial charge in [-0.25, -0.2) is 4.98 Å². The Morgan fingerprint density at radius 1 is 1.23 bits per heavy atom. The number of hydrogen-bond donors (Lipinski definition) is 1. The van der Waals surface area contributed by atoms with Gasteiger partial charge in [-0.1, -0.05) is 17.7 Å². The lowest BCUT2D eigenvalue weighted by Gasteiger charge is -2.23. The molecule has 1 aromatic carbocycles. The van der Waals surface area contributed by atoms with Crippen molar-refractivity contribution in [2.45, 2.75) is 18.5 Å². The molecule has 0 aliphatic carbocycles. The van der Waals surface area contributed by atoms with Crippen molar-refractivity contribution in [3.05, 3.63) is 58.4 Å². The zero-order chi connectivity index (χ0) is 16.1. The number of benzene rings is 1. The monoisotopic (exact) mass is 326 g/mol. The summed E-state index contributed by atoms with van der Waals surface area (Å²) in [7, 11) is 0. The molecule has 3 rings (SSSR count). The highest BCUT2D eigenvalue weighted by Crippen LogP contribution is 2.44. The topological polar surface area (TPSA) is 42.0 Å². The SMILES string of the molecule is C[C@]1(c2ccnc(Cl)c2)C(=O)Nc2cc(C(F)(F)F)ccc21. The molecule has 2 heterocycles. The molecule has 0 fully saturated rings. The first-order valence-corrected chi connectivity index (χ1v) is 6.76. The van der Waals surface area contributed by atoms with Crippen LogP contribution in [-0.2, 0) is 16.4 Å². The van der Waals surface area contributed by atoms with Gasteiger partial charge in [-0.2, -0.15) is 13.2 Å². The fourth-order valence-electron chi connectivity index (χ4n) is 2.63. The summed E-state index contributed by atoms with van der Waals surface area (Å²) in [6, 6.07) is 6.40. The predicted octanol–water partition coefficient (Wildman–Crippen LogP) is 4.01. The number of nitrogens with one attached hydrogen (secondary N) is 1. The Balaban J connectivity index is 2.16. The molecule has 2 aromatic rings. The van der Waals surface area contributed by atoms with Gasteiger partial charge >= 0.3 is 6.18 Å². The Hall–Kier alpha value is -2.08. The maximum atomic E-state index is 12.8. The first-order valence-electron chi connectivity index (χ1n) is 6.38. The summed E-state index contributed by atoms with van der Waals surface area (Å²) in [6.45, 7) is 1.65. The first kappa shape index (κ1) is 14.8. The lowest BCUT2D eigenvalue weighted by molar-refractivity contribution is -0.137. The number of carbonyl (C=O) groups is 1. The van der Waals surface area contributed by atoms with Crippen LogP contribution >= 0.6 is 11.6 Å². The molecule has 0 saturated heterocycles. The van der Waals surface area contributed by atoms with Gasteiger partial charge in [0, 0.05) is 11.9 Å². The Kier molecular flexibility index (Phi) is 3.18. The minimum Gasteiger partial charge on any atom is -0.325 e. The highest BCUT2D eigenvalue weighted by atomic mass is 35.5. The second-order valence-corrected chi connectivity index (χ2v) is 5.59. The minimum atomic E-state index is -4.46. The van der Waals surface area contributed by atoms with E-state index in [0.717, 1.165) is 12.1 Å². The van der Waals surface area contributed by atoms with Crippen molar-refractivity contribution >= 4 is 23.2 Å². The van der Waals surface area contributed by atoms with Crippen LogP contribution in [0.15, 0.2) is 36.5 Å². The number of carbonyl (C=O) groups excluding carboxylic acids is 1. The van der Waals surface area contributed by atoms with Crippen LogP contribution in [0.4, 0.5) is 18.9 Å². The van der Waals surface area contributed by atoms with E-state index in [-0.39, 0.29) is 10.8 Å². The average Bonchev–Trinajstić information content (AvgIpc) is 2.70. The number of hydrogen-bond acceptors (Lipinski definition) is 2. The van der Waals surface area contributed by atoms with Gasteiger partial charge in [-0.05, 0) is 42.3 Å². The van der Waals surface area contributed by atoms with Crippen molar-refractivity contribution in [2.75, 3.05) is 5.32 Å². The second kappa shape index (κ2) is 4.71. The molecular formula is C15H10ClF3N2O. The van der Waals surface area contributed by atoms with E-state index in [9.17, 15) is 18.0 Å². The van der Waals surface area contributed by atoms with Gasteiger partial charge < -0.3 is 5.32 Å². The summed E-state index contributed by atoms with van der Waals surface area (Å²) in [4.78, 5) is 16.2. The third-order valence-corrected chi connectivity index (χ3v) is 4.10. The molecule has 1 amide bonds. The van der Waals surface area contributed by atoms with Gasteiger partial charge in [0.25, 0.3) is 0 Å². The lowest BCUT2D eigenvalue weighted by atomic mass is 9.77. The molecular weight excluding hydrogens is 317 g/mol. The Morgan fingerprint density at radius 3 is 2.59 bits per heavy atom. The number of alkyl halides is 3. The molecule has 114 valence electrons. The van der Waals surface area contributed by atoms with Crippen LogP contribution in [-0.4, -0.2) is 10.9 Å². The molecule has 0 bridgehead atoms. The van der Waals surface area contributed by atoms with Crippen LogP contribution in [0, 0.1) is 0 Å². The summed E-state index contributed by atoms with van der Waals surface area (Å²) in [5, 5.41) is 2.73. The number of halogens is 4. The Bertz CT molecular complexity index is 776. The van der Waals surface area contributed by atoms with E-state index < -0.39 is 23.1 Å². The predicted molar refractivity (Wildman–Crippen MR) is 75.8 cm³/mol. The molecule has 0 spiro atoms. The van der Waals surface area contributed by atoms with Crippen molar-refractivity contribution < 1.29 is 18.0 Å². The van der Waals surface area contributed by atoms with Crippen molar-refractivity contribution in [3.63, 3.8) is 0 Å². The molecule has 1 aliphatic heterocycles. The standard InChI is InChI=1S/C15H10ClF3N2O/c1-14(8-4-5-20-12(16)7-8)10-3-2-9(15(17,18)19)6-11(10)21-13(14)22/h2-7H,1H3,(H,21,22)/t14-/m1/s1. The molecule has 1 N–H and O–H groups in total. The molecule has 0 unspecified atom stereocenters. The van der Waals surface area contributed by atoms with Crippen LogP contribution in [0.3, 0.4) is 0 Å². The van der Waals surface area contributed by atoms with E-state index in [4.69, 9.17) is 11.6 Å². The number of amides is 1. The normalized spacial score (nSPS) is 20.7. The molecule has 1 aromatic heterocycles. The maximum absolute atomic E-state index is 12.8. The lowest BCUT2D eigenvalue weighted by Crippen LogP contribution is -2.32. The summed E-state index contributed by atoms with van der Waals surface area (Å²) >= 11 is 5.85. The van der Waals surface area contributed by atoms with Crippen molar-refractivity contribution in [3.8, 4) is 0 Å². The quantitative estimate of drug-likeness (QED) is 0.804. The van der Waals surface area contributed by atoms with Gasteiger partial charge in [0.2, 0.25) is 5.91 Å². The van der Waals surface area contributed by atoms with Crippen LogP contribution < -0.4 is 5.32 Å². The molecule has 0 radical (unpaired) electrons. The third kappa shape index (κ3) is 2.14. The van der Waals surface area contributed by atoms with Gasteiger partial charge in [0.1, 0.15) is 5.15 Å². The van der Waals surface area contributed by atoms with E-state index in [1.807, 2.05) is 0 Å². The zero-order valence-corrected chi connectivity index (χ0v) is 12.1. The largest absolute Gasteiger partial charge is 0.416 e. The Morgan fingerprint density at radius 2 is 1.95 bits per heavy atom. The Labute approximate surface area is 129 Å². The highest BCUT2D eigenvalue weighted by Gasteiger charge is 2.45. The van der Waals surface area contributed by atoms with Crippen LogP contribution in [0.1, 0.15) is 23.6 Å². The van der Waals surface area contributed by atoms with E-state index in [0.29, 0.717) is 11.1 Å². The molecule has 0 saturated carbocycles. The van der Waals surface area contributed by atoms with Crippen molar-refractivity contribution in [1.29, 1.82) is 0 Å². The first-order chi connectivity index (χ1) is 10.2. The van der Waals surface area contributed by atoms with Gasteiger partial charge in [-0.3, -0.25) is 4.79 Å². The number of nitrogens with zero attached hydrogens (tertiary/aromatic N) is 1. The smallest absolute Gasteiger partial charge is 0.325 e. The summed E-state index contributed by atoms with van der Waals surface area (Å²) in [6.07, 6.45) is -3.00. The molecule has 7 heteroatoms. The third-order valence-electron chi connectivity index (χ3n) is 3.89. The molecule has 22 heavy (non-hydrogen) atoms. The number of aromatic nitrogens is 1. The number of rotatable bonds is 1. The number of pyridine rings is 1. The van der Waals surface area contributed by atoms with Crippen LogP contribution in [0.25, 0.3) is 0 Å². The minimum absolute atomic E-state index is 0.162. The molecule has 3 nitrogen and oxygen atoms in total. The van der Waals surface area contributed by atoms with Crippen molar-refractivity contribution in [2.24, 2.45) is 0 Å².